The molecule has 1 N–H and O–H groups in total. The minimum Gasteiger partial charge on any atom is -0.370 e. The van der Waals surface area contributed by atoms with Gasteiger partial charge in [0.25, 0.3) is 0 Å². The Morgan fingerprint density at radius 2 is 2.05 bits per heavy atom. The van der Waals surface area contributed by atoms with Gasteiger partial charge in [0.2, 0.25) is 0 Å². The van der Waals surface area contributed by atoms with E-state index in [1.54, 1.807) is 0 Å². The van der Waals surface area contributed by atoms with Gasteiger partial charge in [0.05, 0.1) is 6.61 Å². The Morgan fingerprint density at radius 3 is 2.62 bits per heavy atom. The van der Waals surface area contributed by atoms with Gasteiger partial charge < -0.3 is 10.1 Å². The zero-order valence-electron chi connectivity index (χ0n) is 11.6. The average molecular weight is 328 g/mol. The first kappa shape index (κ1) is 18.2. The van der Waals surface area contributed by atoms with Gasteiger partial charge in [-0.3, -0.25) is 0 Å². The van der Waals surface area contributed by atoms with E-state index in [2.05, 4.69) is 10.1 Å². The predicted octanol–water partition coefficient (Wildman–Crippen LogP) is 3.97. The summed E-state index contributed by atoms with van der Waals surface area (Å²) >= 11 is 5.93. The van der Waals surface area contributed by atoms with E-state index in [1.165, 1.54) is 18.2 Å². The predicted molar refractivity (Wildman–Crippen MR) is 74.1 cm³/mol. The van der Waals surface area contributed by atoms with Gasteiger partial charge in [0.15, 0.2) is 0 Å². The highest BCUT2D eigenvalue weighted by Gasteiger charge is 2.28. The van der Waals surface area contributed by atoms with Gasteiger partial charge in [-0.05, 0) is 37.1 Å². The fraction of sp³-hybridized carbons (Fsp3) is 0.571. The van der Waals surface area contributed by atoms with Crippen LogP contribution in [0, 0.1) is 5.82 Å². The molecule has 1 aromatic rings. The normalized spacial score (nSPS) is 13.4. The number of rotatable bonds is 8. The van der Waals surface area contributed by atoms with Crippen LogP contribution in [0.3, 0.4) is 0 Å². The molecular formula is C14H18ClF4NO. The van der Waals surface area contributed by atoms with Crippen LogP contribution in [0.5, 0.6) is 0 Å². The third kappa shape index (κ3) is 7.64. The quantitative estimate of drug-likeness (QED) is 0.730. The number of hydrogen-bond acceptors (Lipinski definition) is 2. The molecule has 0 radical (unpaired) electrons. The highest BCUT2D eigenvalue weighted by Crippen LogP contribution is 2.19. The van der Waals surface area contributed by atoms with Crippen molar-refractivity contribution in [3.8, 4) is 0 Å². The van der Waals surface area contributed by atoms with E-state index < -0.39 is 18.6 Å². The lowest BCUT2D eigenvalue weighted by Crippen LogP contribution is -2.37. The lowest BCUT2D eigenvalue weighted by atomic mass is 10.1. The van der Waals surface area contributed by atoms with Gasteiger partial charge in [-0.15, -0.1) is 0 Å². The van der Waals surface area contributed by atoms with Crippen molar-refractivity contribution < 1.29 is 22.3 Å². The Bertz CT molecular complexity index is 439. The molecule has 0 aliphatic carbocycles. The average Bonchev–Trinajstić information content (AvgIpc) is 2.37. The summed E-state index contributed by atoms with van der Waals surface area (Å²) in [7, 11) is 0. The monoisotopic (exact) mass is 327 g/mol. The first-order valence-corrected chi connectivity index (χ1v) is 7.01. The molecule has 120 valence electrons. The van der Waals surface area contributed by atoms with Crippen molar-refractivity contribution in [3.05, 3.63) is 34.6 Å². The smallest absolute Gasteiger partial charge is 0.370 e. The molecule has 0 amide bonds. The molecule has 1 aromatic carbocycles. The fourth-order valence-corrected chi connectivity index (χ4v) is 2.05. The first-order valence-electron chi connectivity index (χ1n) is 6.63. The summed E-state index contributed by atoms with van der Waals surface area (Å²) in [5.41, 5.74) is 0.669. The second-order valence-electron chi connectivity index (χ2n) is 4.72. The molecule has 0 fully saturated rings. The molecule has 2 nitrogen and oxygen atoms in total. The van der Waals surface area contributed by atoms with Crippen LogP contribution in [0.2, 0.25) is 5.02 Å². The molecule has 0 spiro atoms. The van der Waals surface area contributed by atoms with E-state index in [1.807, 2.05) is 6.92 Å². The molecule has 0 saturated carbocycles. The Hall–Kier alpha value is -0.850. The maximum absolute atomic E-state index is 13.0. The van der Waals surface area contributed by atoms with Crippen molar-refractivity contribution in [2.24, 2.45) is 0 Å². The molecule has 0 aromatic heterocycles. The summed E-state index contributed by atoms with van der Waals surface area (Å²) in [5, 5.41) is 3.36. The van der Waals surface area contributed by atoms with E-state index in [4.69, 9.17) is 11.6 Å². The van der Waals surface area contributed by atoms with Crippen LogP contribution in [0.4, 0.5) is 17.6 Å². The molecule has 1 rings (SSSR count). The van der Waals surface area contributed by atoms with Crippen LogP contribution in [-0.2, 0) is 11.2 Å². The third-order valence-corrected chi connectivity index (χ3v) is 3.10. The minimum atomic E-state index is -4.34. The van der Waals surface area contributed by atoms with Gasteiger partial charge in [-0.25, -0.2) is 4.39 Å². The van der Waals surface area contributed by atoms with Crippen LogP contribution >= 0.6 is 11.6 Å². The zero-order chi connectivity index (χ0) is 15.9. The topological polar surface area (TPSA) is 21.3 Å². The number of alkyl halides is 3. The van der Waals surface area contributed by atoms with Gasteiger partial charge in [-0.2, -0.15) is 13.2 Å². The standard InChI is InChI=1S/C14H18ClF4NO/c1-2-5-20-12(8-21-9-14(17,18)19)6-10-3-4-11(16)7-13(10)15/h3-4,7,12,20H,2,5-6,8-9H2,1H3. The molecule has 1 unspecified atom stereocenters. The number of ether oxygens (including phenoxy) is 1. The van der Waals surface area contributed by atoms with Gasteiger partial charge >= 0.3 is 6.18 Å². The molecule has 0 aliphatic rings. The lowest BCUT2D eigenvalue weighted by Gasteiger charge is -2.20. The van der Waals surface area contributed by atoms with Gasteiger partial charge in [-0.1, -0.05) is 24.6 Å². The number of nitrogens with one attached hydrogen (secondary N) is 1. The van der Waals surface area contributed by atoms with Crippen LogP contribution in [-0.4, -0.2) is 32.0 Å². The molecule has 0 heterocycles. The van der Waals surface area contributed by atoms with E-state index in [-0.39, 0.29) is 17.7 Å². The maximum Gasteiger partial charge on any atom is 0.411 e. The molecule has 1 atom stereocenters. The lowest BCUT2D eigenvalue weighted by molar-refractivity contribution is -0.175. The highest BCUT2D eigenvalue weighted by molar-refractivity contribution is 6.31. The molecule has 21 heavy (non-hydrogen) atoms. The second kappa shape index (κ2) is 8.56. The van der Waals surface area contributed by atoms with Gasteiger partial charge in [0.1, 0.15) is 12.4 Å². The van der Waals surface area contributed by atoms with Crippen LogP contribution in [0.25, 0.3) is 0 Å². The SMILES string of the molecule is CCCNC(COCC(F)(F)F)Cc1ccc(F)cc1Cl. The van der Waals surface area contributed by atoms with E-state index in [9.17, 15) is 17.6 Å². The van der Waals surface area contributed by atoms with Crippen molar-refractivity contribution in [3.63, 3.8) is 0 Å². The number of benzene rings is 1. The summed E-state index contributed by atoms with van der Waals surface area (Å²) in [6, 6.07) is 3.68. The van der Waals surface area contributed by atoms with E-state index in [0.717, 1.165) is 6.42 Å². The van der Waals surface area contributed by atoms with Crippen LogP contribution < -0.4 is 5.32 Å². The molecule has 7 heteroatoms. The van der Waals surface area contributed by atoms with Gasteiger partial charge in [0, 0.05) is 11.1 Å². The van der Waals surface area contributed by atoms with Crippen molar-refractivity contribution >= 4 is 11.6 Å². The molecule has 0 bridgehead atoms. The van der Waals surface area contributed by atoms with Crippen molar-refractivity contribution in [1.82, 2.24) is 5.32 Å². The Kier molecular flexibility index (Phi) is 7.42. The number of hydrogen-bond donors (Lipinski definition) is 1. The molecular weight excluding hydrogens is 310 g/mol. The van der Waals surface area contributed by atoms with Crippen LogP contribution in [0.1, 0.15) is 18.9 Å². The van der Waals surface area contributed by atoms with Crippen LogP contribution in [0.15, 0.2) is 18.2 Å². The fourth-order valence-electron chi connectivity index (χ4n) is 1.81. The van der Waals surface area contributed by atoms with Crippen molar-refractivity contribution in [2.75, 3.05) is 19.8 Å². The summed E-state index contributed by atoms with van der Waals surface area (Å²) in [6.07, 6.45) is -3.13. The maximum atomic E-state index is 13.0. The minimum absolute atomic E-state index is 0.0901. The second-order valence-corrected chi connectivity index (χ2v) is 5.13. The van der Waals surface area contributed by atoms with E-state index >= 15 is 0 Å². The summed E-state index contributed by atoms with van der Waals surface area (Å²) < 4.78 is 53.9. The highest BCUT2D eigenvalue weighted by atomic mass is 35.5. The third-order valence-electron chi connectivity index (χ3n) is 2.75. The molecule has 0 saturated heterocycles. The first-order chi connectivity index (χ1) is 9.81. The Morgan fingerprint density at radius 1 is 1.33 bits per heavy atom. The summed E-state index contributed by atoms with van der Waals surface area (Å²) in [6.45, 7) is 1.23. The summed E-state index contributed by atoms with van der Waals surface area (Å²) in [4.78, 5) is 0. The Balaban J connectivity index is 2.60. The summed E-state index contributed by atoms with van der Waals surface area (Å²) in [5.74, 6) is -0.449. The van der Waals surface area contributed by atoms with E-state index in [0.29, 0.717) is 18.5 Å². The van der Waals surface area contributed by atoms with Crippen molar-refractivity contribution in [1.29, 1.82) is 0 Å². The number of halogens is 5. The molecule has 0 aliphatic heterocycles. The largest absolute Gasteiger partial charge is 0.411 e. The van der Waals surface area contributed by atoms with Crippen molar-refractivity contribution in [2.45, 2.75) is 32.0 Å². The Labute approximate surface area is 126 Å². The zero-order valence-corrected chi connectivity index (χ0v) is 12.4.